The molecule has 5 aromatic carbocycles. The molecule has 0 amide bonds. The zero-order valence-corrected chi connectivity index (χ0v) is 33.6. The molecule has 7 aromatic rings. The third-order valence-corrected chi connectivity index (χ3v) is 10.4. The molecule has 9 nitrogen and oxygen atoms in total. The number of carbonyl (C=O) groups is 2. The minimum Gasteiger partial charge on any atom is -0.422 e. The molecule has 0 unspecified atom stereocenters. The lowest BCUT2D eigenvalue weighted by atomic mass is 10.1. The van der Waals surface area contributed by atoms with Crippen LogP contribution in [0.2, 0.25) is 0 Å². The minimum absolute atomic E-state index is 0.0252. The van der Waals surface area contributed by atoms with Crippen molar-refractivity contribution >= 4 is 74.1 Å². The molecule has 0 aliphatic carbocycles. The number of hydrogen-bond acceptors (Lipinski definition) is 9. The molecule has 7 rings (SSSR count). The Morgan fingerprint density at radius 1 is 0.475 bits per heavy atom. The van der Waals surface area contributed by atoms with Crippen molar-refractivity contribution in [3.8, 4) is 0 Å². The van der Waals surface area contributed by atoms with E-state index in [0.29, 0.717) is 21.9 Å². The summed E-state index contributed by atoms with van der Waals surface area (Å²) in [6.07, 6.45) is 6.14. The van der Waals surface area contributed by atoms with Crippen LogP contribution in [0.5, 0.6) is 0 Å². The standard InChI is InChI=1S/C50H45N3O6/c1-5-51(6-2)41-26-20-36-30-43(49(56)58-47(36)32-41)45(54)28-18-34-14-22-39(23-15-34)53(38-12-10-9-11-13-38)40-24-16-35(17-25-40)19-29-46(55)44-31-37-21-27-42(52(7-3)8-4)33-48(37)59-50(44)57/h9-33H,5-8H2,1-4H3/b28-18+,29-19+. The number of hydrogen-bond donors (Lipinski definition) is 0. The summed E-state index contributed by atoms with van der Waals surface area (Å²) in [5.41, 5.74) is 5.64. The van der Waals surface area contributed by atoms with E-state index in [1.165, 1.54) is 12.2 Å². The van der Waals surface area contributed by atoms with Gasteiger partial charge in [-0.1, -0.05) is 54.6 Å². The van der Waals surface area contributed by atoms with Crippen LogP contribution in [0.25, 0.3) is 34.1 Å². The summed E-state index contributed by atoms with van der Waals surface area (Å²) in [4.78, 5) is 58.5. The van der Waals surface area contributed by atoms with Crippen molar-refractivity contribution in [1.29, 1.82) is 0 Å². The summed E-state index contributed by atoms with van der Waals surface area (Å²) in [6.45, 7) is 11.6. The first kappa shape index (κ1) is 40.0. The van der Waals surface area contributed by atoms with Gasteiger partial charge in [-0.25, -0.2) is 9.59 Å². The highest BCUT2D eigenvalue weighted by Crippen LogP contribution is 2.35. The molecule has 0 atom stereocenters. The molecule has 2 aromatic heterocycles. The van der Waals surface area contributed by atoms with E-state index < -0.39 is 22.8 Å². The molecule has 59 heavy (non-hydrogen) atoms. The van der Waals surface area contributed by atoms with Gasteiger partial charge in [0.2, 0.25) is 0 Å². The Morgan fingerprint density at radius 2 is 0.847 bits per heavy atom. The number of anilines is 5. The molecule has 0 fully saturated rings. The Labute approximate surface area is 342 Å². The molecule has 0 radical (unpaired) electrons. The fourth-order valence-corrected chi connectivity index (χ4v) is 7.13. The molecular weight excluding hydrogens is 739 g/mol. The largest absolute Gasteiger partial charge is 0.422 e. The molecule has 0 aliphatic rings. The second kappa shape index (κ2) is 17.9. The first-order valence-corrected chi connectivity index (χ1v) is 19.8. The fourth-order valence-electron chi connectivity index (χ4n) is 7.13. The summed E-state index contributed by atoms with van der Waals surface area (Å²) in [5, 5.41) is 1.36. The molecule has 0 saturated heterocycles. The van der Waals surface area contributed by atoms with Gasteiger partial charge in [0.25, 0.3) is 0 Å². The van der Waals surface area contributed by atoms with E-state index in [1.807, 2.05) is 115 Å². The predicted molar refractivity (Wildman–Crippen MR) is 240 cm³/mol. The van der Waals surface area contributed by atoms with Gasteiger partial charge >= 0.3 is 11.3 Å². The Kier molecular flexibility index (Phi) is 12.1. The molecule has 0 spiro atoms. The summed E-state index contributed by atoms with van der Waals surface area (Å²) in [5.74, 6) is -0.880. The van der Waals surface area contributed by atoms with E-state index in [2.05, 4.69) is 42.4 Å². The number of fused-ring (bicyclic) bond motifs is 2. The molecule has 9 heteroatoms. The molecule has 0 N–H and O–H groups in total. The van der Waals surface area contributed by atoms with Crippen LogP contribution < -0.4 is 26.0 Å². The monoisotopic (exact) mass is 783 g/mol. The highest BCUT2D eigenvalue weighted by molar-refractivity contribution is 6.08. The van der Waals surface area contributed by atoms with E-state index >= 15 is 0 Å². The van der Waals surface area contributed by atoms with Gasteiger partial charge in [-0.15, -0.1) is 0 Å². The van der Waals surface area contributed by atoms with Gasteiger partial charge in [0.1, 0.15) is 22.3 Å². The topological polar surface area (TPSA) is 104 Å². The van der Waals surface area contributed by atoms with Gasteiger partial charge in [0.15, 0.2) is 11.6 Å². The van der Waals surface area contributed by atoms with E-state index in [9.17, 15) is 19.2 Å². The number of allylic oxidation sites excluding steroid dienone is 2. The first-order chi connectivity index (χ1) is 28.7. The van der Waals surface area contributed by atoms with Crippen molar-refractivity contribution < 1.29 is 18.4 Å². The van der Waals surface area contributed by atoms with Crippen LogP contribution in [0.1, 0.15) is 59.5 Å². The molecule has 0 bridgehead atoms. The smallest absolute Gasteiger partial charge is 0.347 e. The Balaban J connectivity index is 1.07. The van der Waals surface area contributed by atoms with Gasteiger partial charge < -0.3 is 23.5 Å². The second-order valence-corrected chi connectivity index (χ2v) is 13.9. The normalized spacial score (nSPS) is 11.5. The van der Waals surface area contributed by atoms with E-state index in [1.54, 1.807) is 24.3 Å². The van der Waals surface area contributed by atoms with E-state index in [0.717, 1.165) is 65.7 Å². The lowest BCUT2D eigenvalue weighted by molar-refractivity contribution is 0.103. The number of carbonyl (C=O) groups excluding carboxylic acids is 2. The number of rotatable bonds is 15. The van der Waals surface area contributed by atoms with Crippen molar-refractivity contribution in [2.24, 2.45) is 0 Å². The number of benzene rings is 5. The molecule has 0 saturated carbocycles. The first-order valence-electron chi connectivity index (χ1n) is 19.8. The maximum atomic E-state index is 13.2. The van der Waals surface area contributed by atoms with E-state index in [4.69, 9.17) is 8.83 Å². The lowest BCUT2D eigenvalue weighted by Gasteiger charge is -2.25. The van der Waals surface area contributed by atoms with Crippen molar-refractivity contribution in [3.05, 3.63) is 183 Å². The summed E-state index contributed by atoms with van der Waals surface area (Å²) in [7, 11) is 0. The SMILES string of the molecule is CCN(CC)c1ccc2cc(C(=O)/C=C/c3ccc(N(c4ccccc4)c4ccc(/C=C/C(=O)c5cc6ccc(N(CC)CC)cc6oc5=O)cc4)cc3)c(=O)oc2c1. The van der Waals surface area contributed by atoms with Crippen LogP contribution in [0.4, 0.5) is 28.4 Å². The Hall–Kier alpha value is -7.26. The second-order valence-electron chi connectivity index (χ2n) is 13.9. The van der Waals surface area contributed by atoms with Crippen molar-refractivity contribution in [1.82, 2.24) is 0 Å². The van der Waals surface area contributed by atoms with Gasteiger partial charge in [0, 0.05) is 77.5 Å². The van der Waals surface area contributed by atoms with Crippen molar-refractivity contribution in [3.63, 3.8) is 0 Å². The highest BCUT2D eigenvalue weighted by Gasteiger charge is 2.16. The minimum atomic E-state index is -0.673. The fraction of sp³-hybridized carbons (Fsp3) is 0.160. The van der Waals surface area contributed by atoms with Crippen LogP contribution in [0.15, 0.2) is 158 Å². The number of nitrogens with zero attached hydrogens (tertiary/aromatic N) is 3. The van der Waals surface area contributed by atoms with Crippen molar-refractivity contribution in [2.75, 3.05) is 40.9 Å². The average molecular weight is 784 g/mol. The average Bonchev–Trinajstić information content (AvgIpc) is 3.26. The zero-order valence-electron chi connectivity index (χ0n) is 33.6. The predicted octanol–water partition coefficient (Wildman–Crippen LogP) is 10.9. The third kappa shape index (κ3) is 8.84. The molecular formula is C50H45N3O6. The van der Waals surface area contributed by atoms with Crippen LogP contribution in [-0.4, -0.2) is 37.7 Å². The van der Waals surface area contributed by atoms with Crippen LogP contribution >= 0.6 is 0 Å². The number of para-hydroxylation sites is 1. The molecule has 0 aliphatic heterocycles. The summed E-state index contributed by atoms with van der Waals surface area (Å²) < 4.78 is 11.2. The van der Waals surface area contributed by atoms with Gasteiger partial charge in [0.05, 0.1) is 0 Å². The Morgan fingerprint density at radius 3 is 1.24 bits per heavy atom. The Bertz CT molecular complexity index is 2620. The van der Waals surface area contributed by atoms with Crippen LogP contribution in [-0.2, 0) is 0 Å². The maximum Gasteiger partial charge on any atom is 0.347 e. The third-order valence-electron chi connectivity index (χ3n) is 10.4. The van der Waals surface area contributed by atoms with Gasteiger partial charge in [-0.2, -0.15) is 0 Å². The quantitative estimate of drug-likeness (QED) is 0.0571. The maximum absolute atomic E-state index is 13.2. The summed E-state index contributed by atoms with van der Waals surface area (Å²) in [6, 6.07) is 39.9. The molecule has 296 valence electrons. The molecule has 2 heterocycles. The summed E-state index contributed by atoms with van der Waals surface area (Å²) >= 11 is 0. The van der Waals surface area contributed by atoms with Crippen molar-refractivity contribution in [2.45, 2.75) is 27.7 Å². The van der Waals surface area contributed by atoms with E-state index in [-0.39, 0.29) is 11.1 Å². The number of ketones is 2. The van der Waals surface area contributed by atoms with Crippen LogP contribution in [0.3, 0.4) is 0 Å². The highest BCUT2D eigenvalue weighted by atomic mass is 16.4. The van der Waals surface area contributed by atoms with Crippen LogP contribution in [0, 0.1) is 0 Å². The van der Waals surface area contributed by atoms with Gasteiger partial charge in [-0.05, 0) is 124 Å². The lowest BCUT2D eigenvalue weighted by Crippen LogP contribution is -2.21. The zero-order chi connectivity index (χ0) is 41.5. The van der Waals surface area contributed by atoms with Gasteiger partial charge in [-0.3, -0.25) is 9.59 Å².